The molecule has 1 atom stereocenters. The Hall–Kier alpha value is -3.53. The van der Waals surface area contributed by atoms with E-state index < -0.39 is 5.67 Å². The molecule has 0 aliphatic carbocycles. The van der Waals surface area contributed by atoms with Gasteiger partial charge < -0.3 is 19.2 Å². The van der Waals surface area contributed by atoms with E-state index in [9.17, 15) is 0 Å². The standard InChI is InChI=1S/C21H21FN6O3/c1-13-8-14(10-30-13)19-26-25-18-9-16(29-2)20(27-28(18)19)31-11-15-4-3-5-17(24-15)21(22)6-7-23-12-21/h3-5,8-10,23H,6-7,11-12H2,1-2H3. The molecule has 4 aromatic rings. The largest absolute Gasteiger partial charge is 0.491 e. The van der Waals surface area contributed by atoms with Crippen LogP contribution in [0.1, 0.15) is 23.6 Å². The maximum absolute atomic E-state index is 15.0. The molecule has 31 heavy (non-hydrogen) atoms. The summed E-state index contributed by atoms with van der Waals surface area (Å²) in [6.45, 7) is 2.86. The van der Waals surface area contributed by atoms with E-state index >= 15 is 4.39 Å². The molecular formula is C21H21FN6O3. The van der Waals surface area contributed by atoms with E-state index in [-0.39, 0.29) is 19.0 Å². The lowest BCUT2D eigenvalue weighted by atomic mass is 10.0. The number of halogens is 1. The van der Waals surface area contributed by atoms with E-state index in [4.69, 9.17) is 13.9 Å². The summed E-state index contributed by atoms with van der Waals surface area (Å²) in [4.78, 5) is 4.46. The van der Waals surface area contributed by atoms with Gasteiger partial charge in [0.05, 0.1) is 24.1 Å². The van der Waals surface area contributed by atoms with Crippen LogP contribution in [0, 0.1) is 6.92 Å². The third kappa shape index (κ3) is 3.59. The highest BCUT2D eigenvalue weighted by molar-refractivity contribution is 5.59. The molecule has 160 valence electrons. The summed E-state index contributed by atoms with van der Waals surface area (Å²) in [5.41, 5.74) is 0.809. The Morgan fingerprint density at radius 3 is 2.94 bits per heavy atom. The van der Waals surface area contributed by atoms with E-state index in [1.165, 1.54) is 7.11 Å². The Bertz CT molecular complexity index is 1230. The van der Waals surface area contributed by atoms with Gasteiger partial charge in [-0.05, 0) is 31.7 Å². The van der Waals surface area contributed by atoms with Crippen LogP contribution in [-0.2, 0) is 12.3 Å². The summed E-state index contributed by atoms with van der Waals surface area (Å²) < 4.78 is 33.3. The fraction of sp³-hybridized carbons (Fsp3) is 0.333. The van der Waals surface area contributed by atoms with Crippen molar-refractivity contribution in [3.05, 3.63) is 53.7 Å². The maximum Gasteiger partial charge on any atom is 0.275 e. The van der Waals surface area contributed by atoms with E-state index in [0.717, 1.165) is 11.3 Å². The molecule has 10 heteroatoms. The summed E-state index contributed by atoms with van der Waals surface area (Å²) in [6.07, 6.45) is 2.00. The molecule has 0 saturated carbocycles. The molecule has 9 nitrogen and oxygen atoms in total. The zero-order valence-corrected chi connectivity index (χ0v) is 17.1. The monoisotopic (exact) mass is 424 g/mol. The molecule has 1 saturated heterocycles. The van der Waals surface area contributed by atoms with Crippen LogP contribution in [0.2, 0.25) is 0 Å². The predicted octanol–water partition coefficient (Wildman–Crippen LogP) is 2.83. The van der Waals surface area contributed by atoms with Crippen molar-refractivity contribution in [2.24, 2.45) is 0 Å². The Morgan fingerprint density at radius 1 is 1.29 bits per heavy atom. The number of pyridine rings is 1. The van der Waals surface area contributed by atoms with Gasteiger partial charge in [0.2, 0.25) is 0 Å². The Kier molecular flexibility index (Phi) is 4.78. The number of nitrogens with one attached hydrogen (secondary N) is 1. The number of hydrogen-bond donors (Lipinski definition) is 1. The average Bonchev–Trinajstić information content (AvgIpc) is 3.51. The first-order chi connectivity index (χ1) is 15.1. The first-order valence-electron chi connectivity index (χ1n) is 9.90. The first kappa shape index (κ1) is 19.4. The summed E-state index contributed by atoms with van der Waals surface area (Å²) in [5, 5.41) is 15.9. The van der Waals surface area contributed by atoms with Crippen LogP contribution in [0.3, 0.4) is 0 Å². The SMILES string of the molecule is COc1cc2nnc(-c3coc(C)c3)n2nc1OCc1cccc(C2(F)CCNC2)n1. The molecule has 1 fully saturated rings. The molecule has 1 aliphatic heterocycles. The molecule has 0 radical (unpaired) electrons. The number of nitrogens with zero attached hydrogens (tertiary/aromatic N) is 5. The van der Waals surface area contributed by atoms with Gasteiger partial charge in [-0.15, -0.1) is 15.3 Å². The summed E-state index contributed by atoms with van der Waals surface area (Å²) in [7, 11) is 1.52. The Morgan fingerprint density at radius 2 is 2.19 bits per heavy atom. The van der Waals surface area contributed by atoms with Gasteiger partial charge in [0.1, 0.15) is 18.6 Å². The van der Waals surface area contributed by atoms with Gasteiger partial charge in [-0.25, -0.2) is 4.39 Å². The van der Waals surface area contributed by atoms with Crippen molar-refractivity contribution in [1.29, 1.82) is 0 Å². The van der Waals surface area contributed by atoms with Crippen molar-refractivity contribution in [3.63, 3.8) is 0 Å². The molecule has 1 aliphatic rings. The molecule has 5 heterocycles. The fourth-order valence-electron chi connectivity index (χ4n) is 3.62. The Labute approximate surface area is 177 Å². The maximum atomic E-state index is 15.0. The number of ether oxygens (including phenoxy) is 2. The van der Waals surface area contributed by atoms with Gasteiger partial charge in [-0.1, -0.05) is 6.07 Å². The third-order valence-electron chi connectivity index (χ3n) is 5.26. The Balaban J connectivity index is 1.43. The number of aromatic nitrogens is 5. The van der Waals surface area contributed by atoms with E-state index in [0.29, 0.717) is 41.6 Å². The number of rotatable bonds is 6. The quantitative estimate of drug-likeness (QED) is 0.504. The van der Waals surface area contributed by atoms with Crippen LogP contribution in [-0.4, -0.2) is 45.0 Å². The van der Waals surface area contributed by atoms with Crippen LogP contribution in [0.4, 0.5) is 4.39 Å². The van der Waals surface area contributed by atoms with Gasteiger partial charge in [0.25, 0.3) is 5.88 Å². The number of aryl methyl sites for hydroxylation is 1. The second-order valence-corrected chi connectivity index (χ2v) is 7.45. The van der Waals surface area contributed by atoms with Crippen LogP contribution in [0.5, 0.6) is 11.6 Å². The minimum absolute atomic E-state index is 0.106. The molecule has 1 N–H and O–H groups in total. The summed E-state index contributed by atoms with van der Waals surface area (Å²) in [5.74, 6) is 1.94. The van der Waals surface area contributed by atoms with Crippen molar-refractivity contribution in [2.75, 3.05) is 20.2 Å². The predicted molar refractivity (Wildman–Crippen MR) is 109 cm³/mol. The van der Waals surface area contributed by atoms with E-state index in [2.05, 4.69) is 25.6 Å². The molecule has 0 amide bonds. The van der Waals surface area contributed by atoms with Crippen LogP contribution in [0.25, 0.3) is 17.0 Å². The van der Waals surface area contributed by atoms with Crippen LogP contribution in [0.15, 0.2) is 41.0 Å². The van der Waals surface area contributed by atoms with Gasteiger partial charge in [0, 0.05) is 19.0 Å². The van der Waals surface area contributed by atoms with Crippen LogP contribution < -0.4 is 14.8 Å². The van der Waals surface area contributed by atoms with Crippen molar-refractivity contribution in [2.45, 2.75) is 25.6 Å². The topological polar surface area (TPSA) is 99.6 Å². The smallest absolute Gasteiger partial charge is 0.275 e. The second-order valence-electron chi connectivity index (χ2n) is 7.45. The fourth-order valence-corrected chi connectivity index (χ4v) is 3.62. The zero-order chi connectivity index (χ0) is 21.4. The second kappa shape index (κ2) is 7.62. The highest BCUT2D eigenvalue weighted by Crippen LogP contribution is 2.32. The third-order valence-corrected chi connectivity index (χ3v) is 5.26. The molecular weight excluding hydrogens is 403 g/mol. The molecule has 5 rings (SSSR count). The molecule has 0 bridgehead atoms. The molecule has 1 unspecified atom stereocenters. The number of alkyl halides is 1. The average molecular weight is 424 g/mol. The van der Waals surface area contributed by atoms with Crippen molar-refractivity contribution < 1.29 is 18.3 Å². The highest BCUT2D eigenvalue weighted by atomic mass is 19.1. The van der Waals surface area contributed by atoms with Gasteiger partial charge in [0.15, 0.2) is 22.9 Å². The summed E-state index contributed by atoms with van der Waals surface area (Å²) in [6, 6.07) is 8.82. The van der Waals surface area contributed by atoms with Gasteiger partial charge in [-0.2, -0.15) is 4.52 Å². The molecule has 0 aromatic carbocycles. The van der Waals surface area contributed by atoms with Crippen molar-refractivity contribution in [3.8, 4) is 23.0 Å². The zero-order valence-electron chi connectivity index (χ0n) is 17.1. The normalized spacial score (nSPS) is 18.5. The highest BCUT2D eigenvalue weighted by Gasteiger charge is 2.37. The lowest BCUT2D eigenvalue weighted by Gasteiger charge is -2.18. The minimum atomic E-state index is -1.45. The number of methoxy groups -OCH3 is 1. The van der Waals surface area contributed by atoms with Gasteiger partial charge in [-0.3, -0.25) is 4.98 Å². The van der Waals surface area contributed by atoms with E-state index in [1.54, 1.807) is 35.0 Å². The van der Waals surface area contributed by atoms with Crippen LogP contribution >= 0.6 is 0 Å². The summed E-state index contributed by atoms with van der Waals surface area (Å²) >= 11 is 0. The number of furan rings is 1. The van der Waals surface area contributed by atoms with Gasteiger partial charge >= 0.3 is 0 Å². The molecule has 4 aromatic heterocycles. The minimum Gasteiger partial charge on any atom is -0.491 e. The van der Waals surface area contributed by atoms with E-state index in [1.807, 2.05) is 13.0 Å². The number of hydrogen-bond acceptors (Lipinski definition) is 8. The lowest BCUT2D eigenvalue weighted by molar-refractivity contribution is 0.185. The first-order valence-corrected chi connectivity index (χ1v) is 9.90. The van der Waals surface area contributed by atoms with Crippen molar-refractivity contribution >= 4 is 5.65 Å². The number of fused-ring (bicyclic) bond motifs is 1. The van der Waals surface area contributed by atoms with Crippen molar-refractivity contribution in [1.82, 2.24) is 30.1 Å². The lowest BCUT2D eigenvalue weighted by Crippen LogP contribution is -2.25. The molecule has 0 spiro atoms.